The van der Waals surface area contributed by atoms with Crippen LogP contribution in [0.2, 0.25) is 0 Å². The highest BCUT2D eigenvalue weighted by molar-refractivity contribution is 7.97. The van der Waals surface area contributed by atoms with E-state index in [9.17, 15) is 13.2 Å². The molecule has 2 aromatic carbocycles. The maximum atomic E-state index is 13.4. The van der Waals surface area contributed by atoms with E-state index < -0.39 is 11.7 Å². The van der Waals surface area contributed by atoms with Gasteiger partial charge in [-0.15, -0.1) is 0 Å². The van der Waals surface area contributed by atoms with Crippen molar-refractivity contribution in [1.82, 2.24) is 9.62 Å². The van der Waals surface area contributed by atoms with Gasteiger partial charge in [0.25, 0.3) is 0 Å². The maximum absolute atomic E-state index is 13.4. The summed E-state index contributed by atoms with van der Waals surface area (Å²) in [5.41, 5.74) is 2.20. The highest BCUT2D eigenvalue weighted by Crippen LogP contribution is 2.48. The molecule has 3 unspecified atom stereocenters. The van der Waals surface area contributed by atoms with Crippen molar-refractivity contribution in [2.24, 2.45) is 11.8 Å². The van der Waals surface area contributed by atoms with Crippen LogP contribution in [0.3, 0.4) is 0 Å². The largest absolute Gasteiger partial charge is 0.416 e. The number of halogens is 3. The Hall–Kier alpha value is -1.70. The van der Waals surface area contributed by atoms with E-state index in [0.717, 1.165) is 42.9 Å². The van der Waals surface area contributed by atoms with Crippen LogP contribution in [-0.4, -0.2) is 37.8 Å². The lowest BCUT2D eigenvalue weighted by Gasteiger charge is -2.40. The second-order valence-electron chi connectivity index (χ2n) is 9.47. The van der Waals surface area contributed by atoms with Crippen LogP contribution in [0.4, 0.5) is 18.9 Å². The van der Waals surface area contributed by atoms with Gasteiger partial charge in [-0.3, -0.25) is 4.72 Å². The van der Waals surface area contributed by atoms with Gasteiger partial charge in [0.2, 0.25) is 0 Å². The number of hydrogen-bond acceptors (Lipinski definition) is 4. The summed E-state index contributed by atoms with van der Waals surface area (Å²) < 4.78 is 43.6. The Morgan fingerprint density at radius 1 is 1.09 bits per heavy atom. The van der Waals surface area contributed by atoms with Crippen molar-refractivity contribution < 1.29 is 13.2 Å². The van der Waals surface area contributed by atoms with Crippen molar-refractivity contribution in [2.75, 3.05) is 38.3 Å². The molecular weight excluding hydrogens is 467 g/mol. The minimum Gasteiger partial charge on any atom is -0.378 e. The number of fused-ring (bicyclic) bond motifs is 1. The van der Waals surface area contributed by atoms with E-state index in [2.05, 4.69) is 55.0 Å². The predicted molar refractivity (Wildman–Crippen MR) is 145 cm³/mol. The van der Waals surface area contributed by atoms with Crippen molar-refractivity contribution in [3.05, 3.63) is 65.2 Å². The molecule has 35 heavy (non-hydrogen) atoms. The Morgan fingerprint density at radius 3 is 2.40 bits per heavy atom. The molecule has 1 aliphatic rings. The van der Waals surface area contributed by atoms with Gasteiger partial charge in [-0.2, -0.15) is 13.2 Å². The molecule has 3 rings (SSSR count). The minimum absolute atomic E-state index is 0.0309. The van der Waals surface area contributed by atoms with Gasteiger partial charge >= 0.3 is 6.18 Å². The van der Waals surface area contributed by atoms with Crippen molar-refractivity contribution >= 4 is 17.6 Å². The highest BCUT2D eigenvalue weighted by atomic mass is 32.2. The average molecular weight is 510 g/mol. The average Bonchev–Trinajstić information content (AvgIpc) is 2.84. The summed E-state index contributed by atoms with van der Waals surface area (Å²) in [4.78, 5) is 2.17. The quantitative estimate of drug-likeness (QED) is 0.252. The Kier molecular flexibility index (Phi) is 11.9. The summed E-state index contributed by atoms with van der Waals surface area (Å²) in [7, 11) is 4.14. The lowest BCUT2D eigenvalue weighted by Crippen LogP contribution is -2.31. The Bertz CT molecular complexity index is 873. The van der Waals surface area contributed by atoms with Crippen LogP contribution >= 0.6 is 11.9 Å². The minimum atomic E-state index is -4.33. The van der Waals surface area contributed by atoms with Gasteiger partial charge in [0.15, 0.2) is 0 Å². The molecule has 1 aliphatic heterocycles. The number of nitrogens with zero attached hydrogens (tertiary/aromatic N) is 1. The zero-order valence-corrected chi connectivity index (χ0v) is 22.8. The number of hydrogen-bond donors (Lipinski definition) is 2. The van der Waals surface area contributed by atoms with Crippen LogP contribution in [0, 0.1) is 11.8 Å². The molecular formula is C28H42F3N3S. The summed E-state index contributed by atoms with van der Waals surface area (Å²) in [6.07, 6.45) is -2.35. The third-order valence-electron chi connectivity index (χ3n) is 6.58. The molecule has 0 spiro atoms. The number of nitrogens with one attached hydrogen (secondary N) is 2. The van der Waals surface area contributed by atoms with Gasteiger partial charge in [-0.1, -0.05) is 70.0 Å². The van der Waals surface area contributed by atoms with Gasteiger partial charge in [0, 0.05) is 24.5 Å². The Balaban J connectivity index is 0.00000210. The summed E-state index contributed by atoms with van der Waals surface area (Å²) in [5, 5.41) is 3.57. The SMILES string of the molecule is CC.CC(CCC1C(C)c2cc(C(F)(F)F)ccc2N[C@H]1c1ccccc1)CNSCCN(C)C. The predicted octanol–water partition coefficient (Wildman–Crippen LogP) is 7.83. The fourth-order valence-electron chi connectivity index (χ4n) is 4.53. The van der Waals surface area contributed by atoms with Crippen LogP contribution in [0.1, 0.15) is 69.2 Å². The molecule has 0 bridgehead atoms. The van der Waals surface area contributed by atoms with E-state index in [1.54, 1.807) is 18.0 Å². The number of benzene rings is 2. The first-order chi connectivity index (χ1) is 16.7. The smallest absolute Gasteiger partial charge is 0.378 e. The molecule has 0 saturated heterocycles. The van der Waals surface area contributed by atoms with E-state index in [1.807, 2.05) is 32.0 Å². The van der Waals surface area contributed by atoms with Crippen molar-refractivity contribution in [1.29, 1.82) is 0 Å². The van der Waals surface area contributed by atoms with Crippen LogP contribution in [0.5, 0.6) is 0 Å². The molecule has 2 N–H and O–H groups in total. The summed E-state index contributed by atoms with van der Waals surface area (Å²) in [6.45, 7) is 10.3. The Labute approximate surface area is 214 Å². The summed E-state index contributed by atoms with van der Waals surface area (Å²) in [5.74, 6) is 1.77. The molecule has 3 nitrogen and oxygen atoms in total. The molecule has 0 radical (unpaired) electrons. The van der Waals surface area contributed by atoms with Gasteiger partial charge in [-0.25, -0.2) is 0 Å². The lowest BCUT2D eigenvalue weighted by atomic mass is 9.73. The van der Waals surface area contributed by atoms with Gasteiger partial charge in [-0.05, 0) is 74.0 Å². The zero-order valence-electron chi connectivity index (χ0n) is 22.0. The molecule has 0 amide bonds. The molecule has 2 aromatic rings. The molecule has 0 aromatic heterocycles. The van der Waals surface area contributed by atoms with Gasteiger partial charge < -0.3 is 10.2 Å². The van der Waals surface area contributed by atoms with E-state index in [1.165, 1.54) is 17.7 Å². The molecule has 4 atom stereocenters. The molecule has 0 saturated carbocycles. The standard InChI is InChI=1S/C26H36F3N3S.C2H6/c1-18(17-30-33-15-14-32(3)4)10-12-22-19(2)23-16-21(26(27,28)29)11-13-24(23)31-25(22)20-8-6-5-7-9-20;1-2/h5-9,11,13,16,18-19,22,25,30-31H,10,12,14-15,17H2,1-4H3;1-2H3/t18?,19?,22?,25-;/m0./s1. The fourth-order valence-corrected chi connectivity index (χ4v) is 5.53. The van der Waals surface area contributed by atoms with E-state index in [4.69, 9.17) is 0 Å². The van der Waals surface area contributed by atoms with Crippen molar-refractivity contribution in [3.8, 4) is 0 Å². The number of alkyl halides is 3. The van der Waals surface area contributed by atoms with Crippen LogP contribution < -0.4 is 10.0 Å². The summed E-state index contributed by atoms with van der Waals surface area (Å²) >= 11 is 1.75. The van der Waals surface area contributed by atoms with Gasteiger partial charge in [0.1, 0.15) is 0 Å². The molecule has 0 fully saturated rings. The second kappa shape index (κ2) is 14.1. The lowest BCUT2D eigenvalue weighted by molar-refractivity contribution is -0.137. The molecule has 1 heterocycles. The first-order valence-corrected chi connectivity index (χ1v) is 13.7. The first-order valence-electron chi connectivity index (χ1n) is 12.7. The topological polar surface area (TPSA) is 27.3 Å². The van der Waals surface area contributed by atoms with Crippen LogP contribution in [0.25, 0.3) is 0 Å². The maximum Gasteiger partial charge on any atom is 0.416 e. The monoisotopic (exact) mass is 509 g/mol. The van der Waals surface area contributed by atoms with Crippen molar-refractivity contribution in [2.45, 2.75) is 58.7 Å². The highest BCUT2D eigenvalue weighted by Gasteiger charge is 2.37. The molecule has 7 heteroatoms. The van der Waals surface area contributed by atoms with Crippen LogP contribution in [-0.2, 0) is 6.18 Å². The van der Waals surface area contributed by atoms with Gasteiger partial charge in [0.05, 0.1) is 11.6 Å². The summed E-state index contributed by atoms with van der Waals surface area (Å²) in [6, 6.07) is 14.5. The van der Waals surface area contributed by atoms with E-state index in [0.29, 0.717) is 5.92 Å². The van der Waals surface area contributed by atoms with E-state index in [-0.39, 0.29) is 17.9 Å². The molecule has 0 aliphatic carbocycles. The normalized spacial score (nSPS) is 20.5. The van der Waals surface area contributed by atoms with E-state index >= 15 is 0 Å². The third-order valence-corrected chi connectivity index (χ3v) is 7.33. The van der Waals surface area contributed by atoms with Crippen molar-refractivity contribution in [3.63, 3.8) is 0 Å². The first kappa shape index (κ1) is 29.5. The zero-order chi connectivity index (χ0) is 26.0. The molecule has 196 valence electrons. The number of rotatable bonds is 10. The fraction of sp³-hybridized carbons (Fsp3) is 0.571. The number of anilines is 1. The Morgan fingerprint density at radius 2 is 1.77 bits per heavy atom. The second-order valence-corrected chi connectivity index (χ2v) is 10.5. The third kappa shape index (κ3) is 8.72. The van der Waals surface area contributed by atoms with Crippen LogP contribution in [0.15, 0.2) is 48.5 Å².